The van der Waals surface area contributed by atoms with Gasteiger partial charge in [0.05, 0.1) is 0 Å². The van der Waals surface area contributed by atoms with Crippen molar-refractivity contribution < 1.29 is 9.53 Å². The summed E-state index contributed by atoms with van der Waals surface area (Å²) in [5.41, 5.74) is 0.605. The molecule has 1 aliphatic rings. The maximum atomic E-state index is 12.8. The lowest BCUT2D eigenvalue weighted by Crippen LogP contribution is -2.42. The first-order valence-electron chi connectivity index (χ1n) is 9.45. The summed E-state index contributed by atoms with van der Waals surface area (Å²) in [6.07, 6.45) is 4.86. The van der Waals surface area contributed by atoms with E-state index in [1.54, 1.807) is 11.1 Å². The van der Waals surface area contributed by atoms with Crippen molar-refractivity contribution in [2.45, 2.75) is 78.5 Å². The second-order valence-corrected chi connectivity index (χ2v) is 8.05. The van der Waals surface area contributed by atoms with Crippen molar-refractivity contribution in [3.05, 3.63) is 23.9 Å². The van der Waals surface area contributed by atoms with Crippen LogP contribution in [-0.2, 0) is 4.74 Å². The molecule has 2 rings (SSSR count). The van der Waals surface area contributed by atoms with Gasteiger partial charge in [0.15, 0.2) is 0 Å². The monoisotopic (exact) mass is 347 g/mol. The second kappa shape index (κ2) is 8.17. The predicted octanol–water partition coefficient (Wildman–Crippen LogP) is 4.78. The van der Waals surface area contributed by atoms with Crippen molar-refractivity contribution in [3.8, 4) is 0 Å². The molecule has 0 bridgehead atoms. The van der Waals surface area contributed by atoms with Crippen molar-refractivity contribution in [1.82, 2.24) is 9.88 Å². The number of carbonyl (C=O) groups excluding carboxylic acids is 1. The first-order valence-corrected chi connectivity index (χ1v) is 9.45. The standard InChI is InChI=1S/C20H33N3O2/c1-7-13-22-14-9-11-17(22)16-10-8-12-21-18(16)23(15(2)3)19(24)25-20(4,5)6/h8,10,12,15,17H,7,9,11,13-14H2,1-6H3/t17-/m0/s1. The molecule has 5 nitrogen and oxygen atoms in total. The molecule has 0 aliphatic carbocycles. The molecule has 1 aromatic heterocycles. The first-order chi connectivity index (χ1) is 11.7. The Morgan fingerprint density at radius 1 is 1.44 bits per heavy atom. The van der Waals surface area contributed by atoms with Crippen molar-refractivity contribution in [1.29, 1.82) is 0 Å². The molecule has 1 amide bonds. The number of likely N-dealkylation sites (tertiary alicyclic amines) is 1. The maximum absolute atomic E-state index is 12.8. The van der Waals surface area contributed by atoms with Gasteiger partial charge in [0.1, 0.15) is 11.4 Å². The number of amides is 1. The fourth-order valence-electron chi connectivity index (χ4n) is 3.46. The van der Waals surface area contributed by atoms with Gasteiger partial charge in [-0.3, -0.25) is 9.80 Å². The fraction of sp³-hybridized carbons (Fsp3) is 0.700. The number of aromatic nitrogens is 1. The summed E-state index contributed by atoms with van der Waals surface area (Å²) in [6.45, 7) is 14.1. The zero-order chi connectivity index (χ0) is 18.6. The quantitative estimate of drug-likeness (QED) is 0.769. The largest absolute Gasteiger partial charge is 0.443 e. The third-order valence-corrected chi connectivity index (χ3v) is 4.39. The Hall–Kier alpha value is -1.62. The van der Waals surface area contributed by atoms with Crippen LogP contribution in [0.15, 0.2) is 18.3 Å². The number of carbonyl (C=O) groups is 1. The molecule has 5 heteroatoms. The van der Waals surface area contributed by atoms with E-state index in [4.69, 9.17) is 4.74 Å². The highest BCUT2D eigenvalue weighted by molar-refractivity contribution is 5.88. The molecule has 1 atom stereocenters. The Morgan fingerprint density at radius 3 is 2.76 bits per heavy atom. The highest BCUT2D eigenvalue weighted by atomic mass is 16.6. The van der Waals surface area contributed by atoms with Crippen LogP contribution >= 0.6 is 0 Å². The molecule has 0 N–H and O–H groups in total. The van der Waals surface area contributed by atoms with Crippen LogP contribution in [0.5, 0.6) is 0 Å². The number of ether oxygens (including phenoxy) is 1. The molecule has 2 heterocycles. The van der Waals surface area contributed by atoms with Crippen molar-refractivity contribution in [3.63, 3.8) is 0 Å². The lowest BCUT2D eigenvalue weighted by molar-refractivity contribution is 0.0568. The van der Waals surface area contributed by atoms with Crippen molar-refractivity contribution >= 4 is 11.9 Å². The van der Waals surface area contributed by atoms with E-state index >= 15 is 0 Å². The summed E-state index contributed by atoms with van der Waals surface area (Å²) >= 11 is 0. The maximum Gasteiger partial charge on any atom is 0.416 e. The first kappa shape index (κ1) is 19.7. The van der Waals surface area contributed by atoms with Crippen LogP contribution in [0.25, 0.3) is 0 Å². The Bertz CT molecular complexity index is 581. The van der Waals surface area contributed by atoms with E-state index in [1.165, 1.54) is 6.42 Å². The van der Waals surface area contributed by atoms with Gasteiger partial charge in [0, 0.05) is 23.8 Å². The van der Waals surface area contributed by atoms with Gasteiger partial charge in [-0.1, -0.05) is 13.0 Å². The highest BCUT2D eigenvalue weighted by Gasteiger charge is 2.33. The van der Waals surface area contributed by atoms with Gasteiger partial charge in [-0.25, -0.2) is 9.78 Å². The number of anilines is 1. The zero-order valence-corrected chi connectivity index (χ0v) is 16.6. The lowest BCUT2D eigenvalue weighted by Gasteiger charge is -2.33. The fourth-order valence-corrected chi connectivity index (χ4v) is 3.46. The van der Waals surface area contributed by atoms with E-state index < -0.39 is 5.60 Å². The number of hydrogen-bond acceptors (Lipinski definition) is 4. The molecule has 1 saturated heterocycles. The zero-order valence-electron chi connectivity index (χ0n) is 16.6. The average molecular weight is 348 g/mol. The summed E-state index contributed by atoms with van der Waals surface area (Å²) in [7, 11) is 0. The molecule has 1 fully saturated rings. The Balaban J connectivity index is 2.38. The van der Waals surface area contributed by atoms with E-state index in [1.807, 2.05) is 40.7 Å². The van der Waals surface area contributed by atoms with Crippen LogP contribution in [0, 0.1) is 0 Å². The minimum Gasteiger partial charge on any atom is -0.443 e. The third kappa shape index (κ3) is 4.94. The minimum atomic E-state index is -0.527. The molecule has 1 aliphatic heterocycles. The van der Waals surface area contributed by atoms with Crippen LogP contribution in [0.3, 0.4) is 0 Å². The third-order valence-electron chi connectivity index (χ3n) is 4.39. The summed E-state index contributed by atoms with van der Waals surface area (Å²) in [4.78, 5) is 21.6. The van der Waals surface area contributed by atoms with Gasteiger partial charge in [-0.2, -0.15) is 0 Å². The summed E-state index contributed by atoms with van der Waals surface area (Å²) in [5.74, 6) is 0.736. The van der Waals surface area contributed by atoms with Crippen LogP contribution in [0.1, 0.15) is 72.4 Å². The summed E-state index contributed by atoms with van der Waals surface area (Å²) in [5, 5.41) is 0. The normalized spacial score (nSPS) is 18.6. The number of rotatable bonds is 5. The Labute approximate surface area is 152 Å². The van der Waals surface area contributed by atoms with E-state index in [0.29, 0.717) is 6.04 Å². The van der Waals surface area contributed by atoms with Gasteiger partial charge >= 0.3 is 6.09 Å². The van der Waals surface area contributed by atoms with Gasteiger partial charge in [-0.15, -0.1) is 0 Å². The Morgan fingerprint density at radius 2 is 2.16 bits per heavy atom. The predicted molar refractivity (Wildman–Crippen MR) is 102 cm³/mol. The number of pyridine rings is 1. The van der Waals surface area contributed by atoms with Crippen LogP contribution in [0.2, 0.25) is 0 Å². The molecule has 0 saturated carbocycles. The van der Waals surface area contributed by atoms with Gasteiger partial charge in [0.2, 0.25) is 0 Å². The molecular formula is C20H33N3O2. The van der Waals surface area contributed by atoms with E-state index in [2.05, 4.69) is 22.9 Å². The molecular weight excluding hydrogens is 314 g/mol. The van der Waals surface area contributed by atoms with E-state index in [0.717, 1.165) is 37.3 Å². The molecule has 0 aromatic carbocycles. The minimum absolute atomic E-state index is 0.0236. The summed E-state index contributed by atoms with van der Waals surface area (Å²) < 4.78 is 5.64. The van der Waals surface area contributed by atoms with E-state index in [9.17, 15) is 4.79 Å². The number of nitrogens with zero attached hydrogens (tertiary/aromatic N) is 3. The SMILES string of the molecule is CCCN1CCC[C@H]1c1cccnc1N(C(=O)OC(C)(C)C)C(C)C. The molecule has 0 radical (unpaired) electrons. The van der Waals surface area contributed by atoms with E-state index in [-0.39, 0.29) is 12.1 Å². The van der Waals surface area contributed by atoms with Gasteiger partial charge in [0.25, 0.3) is 0 Å². The molecule has 1 aromatic rings. The summed E-state index contributed by atoms with van der Waals surface area (Å²) in [6, 6.07) is 4.38. The molecule has 0 spiro atoms. The smallest absolute Gasteiger partial charge is 0.416 e. The molecule has 25 heavy (non-hydrogen) atoms. The number of hydrogen-bond donors (Lipinski definition) is 0. The van der Waals surface area contributed by atoms with Gasteiger partial charge in [-0.05, 0) is 73.0 Å². The van der Waals surface area contributed by atoms with Gasteiger partial charge < -0.3 is 4.74 Å². The van der Waals surface area contributed by atoms with Crippen LogP contribution in [-0.4, -0.2) is 40.7 Å². The van der Waals surface area contributed by atoms with Crippen LogP contribution < -0.4 is 4.90 Å². The molecule has 140 valence electrons. The van der Waals surface area contributed by atoms with Crippen molar-refractivity contribution in [2.24, 2.45) is 0 Å². The van der Waals surface area contributed by atoms with Crippen molar-refractivity contribution in [2.75, 3.05) is 18.0 Å². The van der Waals surface area contributed by atoms with Crippen LogP contribution in [0.4, 0.5) is 10.6 Å². The Kier molecular flexibility index (Phi) is 6.44. The molecule has 0 unspecified atom stereocenters. The second-order valence-electron chi connectivity index (χ2n) is 8.05. The highest BCUT2D eigenvalue weighted by Crippen LogP contribution is 2.37. The lowest BCUT2D eigenvalue weighted by atomic mass is 10.0. The topological polar surface area (TPSA) is 45.7 Å². The average Bonchev–Trinajstić information content (AvgIpc) is 2.94.